The van der Waals surface area contributed by atoms with E-state index < -0.39 is 23.2 Å². The molecule has 0 aromatic carbocycles. The van der Waals surface area contributed by atoms with Gasteiger partial charge < -0.3 is 10.1 Å². The number of aromatic amines is 1. The van der Waals surface area contributed by atoms with Gasteiger partial charge in [-0.25, -0.2) is 4.98 Å². The maximum Gasteiger partial charge on any atom is 0.433 e. The molecule has 0 amide bonds. The zero-order valence-corrected chi connectivity index (χ0v) is 7.67. The largest absolute Gasteiger partial charge is 0.507 e. The van der Waals surface area contributed by atoms with Crippen molar-refractivity contribution >= 4 is 11.0 Å². The molecule has 0 unspecified atom stereocenters. The summed E-state index contributed by atoms with van der Waals surface area (Å²) in [6.07, 6.45) is -4.59. The summed E-state index contributed by atoms with van der Waals surface area (Å²) in [4.78, 5) is 16.3. The Balaban J connectivity index is 2.76. The minimum Gasteiger partial charge on any atom is -0.507 e. The van der Waals surface area contributed by atoms with Gasteiger partial charge in [0.15, 0.2) is 0 Å². The first kappa shape index (κ1) is 10.5. The van der Waals surface area contributed by atoms with Crippen molar-refractivity contribution in [2.24, 2.45) is 0 Å². The number of rotatable bonds is 0. The number of pyridine rings is 2. The third-order valence-corrected chi connectivity index (χ3v) is 1.97. The Morgan fingerprint density at radius 2 is 2.00 bits per heavy atom. The van der Waals surface area contributed by atoms with E-state index in [0.29, 0.717) is 0 Å². The number of alkyl halides is 3. The van der Waals surface area contributed by atoms with Crippen molar-refractivity contribution in [2.75, 3.05) is 0 Å². The molecule has 0 saturated heterocycles. The van der Waals surface area contributed by atoms with Gasteiger partial charge in [0.25, 0.3) is 5.56 Å². The molecule has 2 aromatic rings. The summed E-state index contributed by atoms with van der Waals surface area (Å²) in [5, 5.41) is 9.37. The lowest BCUT2D eigenvalue weighted by atomic mass is 10.2. The van der Waals surface area contributed by atoms with Crippen LogP contribution >= 0.6 is 0 Å². The number of fused-ring (bicyclic) bond motifs is 1. The normalized spacial score (nSPS) is 11.9. The fourth-order valence-corrected chi connectivity index (χ4v) is 1.27. The topological polar surface area (TPSA) is 66.0 Å². The molecular weight excluding hydrogens is 225 g/mol. The van der Waals surface area contributed by atoms with Crippen molar-refractivity contribution in [3.05, 3.63) is 34.2 Å². The van der Waals surface area contributed by atoms with Gasteiger partial charge in [-0.3, -0.25) is 4.79 Å². The highest BCUT2D eigenvalue weighted by atomic mass is 19.4. The summed E-state index contributed by atoms with van der Waals surface area (Å²) >= 11 is 0. The van der Waals surface area contributed by atoms with Crippen LogP contribution in [-0.2, 0) is 6.18 Å². The summed E-state index contributed by atoms with van der Waals surface area (Å²) in [5.41, 5.74) is -2.13. The predicted octanol–water partition coefficient (Wildman–Crippen LogP) is 1.65. The van der Waals surface area contributed by atoms with Crippen LogP contribution in [0.25, 0.3) is 11.0 Å². The third kappa shape index (κ3) is 1.71. The van der Waals surface area contributed by atoms with E-state index in [1.165, 1.54) is 0 Å². The van der Waals surface area contributed by atoms with Gasteiger partial charge in [0.2, 0.25) is 0 Å². The van der Waals surface area contributed by atoms with Gasteiger partial charge in [-0.05, 0) is 12.1 Å². The number of halogens is 3. The number of H-pyrrole nitrogens is 1. The van der Waals surface area contributed by atoms with Crippen LogP contribution in [0.15, 0.2) is 23.0 Å². The summed E-state index contributed by atoms with van der Waals surface area (Å²) in [6.45, 7) is 0. The Bertz CT molecular complexity index is 604. The molecular formula is C9H5F3N2O2. The van der Waals surface area contributed by atoms with Crippen molar-refractivity contribution in [2.45, 2.75) is 6.18 Å². The van der Waals surface area contributed by atoms with Gasteiger partial charge in [-0.2, -0.15) is 13.2 Å². The summed E-state index contributed by atoms with van der Waals surface area (Å²) in [5.74, 6) is -0.403. The Hall–Kier alpha value is -2.05. The molecule has 0 spiro atoms. The van der Waals surface area contributed by atoms with E-state index in [1.54, 1.807) is 0 Å². The highest BCUT2D eigenvalue weighted by Crippen LogP contribution is 2.29. The summed E-state index contributed by atoms with van der Waals surface area (Å²) in [6, 6.07) is 2.66. The average Bonchev–Trinajstić information content (AvgIpc) is 2.15. The second kappa shape index (κ2) is 3.22. The number of hydrogen-bond acceptors (Lipinski definition) is 3. The lowest BCUT2D eigenvalue weighted by molar-refractivity contribution is -0.141. The van der Waals surface area contributed by atoms with Crippen LogP contribution in [0, 0.1) is 0 Å². The number of aromatic hydroxyl groups is 1. The Labute approximate surface area is 86.4 Å². The van der Waals surface area contributed by atoms with Crippen molar-refractivity contribution < 1.29 is 18.3 Å². The van der Waals surface area contributed by atoms with Crippen molar-refractivity contribution in [1.29, 1.82) is 0 Å². The molecule has 0 atom stereocenters. The van der Waals surface area contributed by atoms with Gasteiger partial charge >= 0.3 is 6.18 Å². The molecule has 0 aliphatic carbocycles. The monoisotopic (exact) mass is 230 g/mol. The lowest BCUT2D eigenvalue weighted by Crippen LogP contribution is -2.10. The molecule has 16 heavy (non-hydrogen) atoms. The molecule has 2 N–H and O–H groups in total. The van der Waals surface area contributed by atoms with Crippen LogP contribution in [0.2, 0.25) is 0 Å². The fourth-order valence-electron chi connectivity index (χ4n) is 1.27. The van der Waals surface area contributed by atoms with Crippen LogP contribution in [0.4, 0.5) is 13.2 Å². The minimum absolute atomic E-state index is 0.0626. The van der Waals surface area contributed by atoms with E-state index in [0.717, 1.165) is 18.2 Å². The molecule has 2 aromatic heterocycles. The van der Waals surface area contributed by atoms with Gasteiger partial charge in [0, 0.05) is 6.07 Å². The van der Waals surface area contributed by atoms with Crippen molar-refractivity contribution in [3.8, 4) is 5.75 Å². The number of nitrogens with zero attached hydrogens (tertiary/aromatic N) is 1. The SMILES string of the molecule is O=c1cc(O)c2ccc(C(F)(F)F)nc2[nH]1. The molecule has 0 bridgehead atoms. The fraction of sp³-hybridized carbons (Fsp3) is 0.111. The predicted molar refractivity (Wildman–Crippen MR) is 49.0 cm³/mol. The van der Waals surface area contributed by atoms with Crippen LogP contribution in [-0.4, -0.2) is 15.1 Å². The van der Waals surface area contributed by atoms with E-state index in [4.69, 9.17) is 0 Å². The third-order valence-electron chi connectivity index (χ3n) is 1.97. The summed E-state index contributed by atoms with van der Waals surface area (Å²) < 4.78 is 36.9. The van der Waals surface area contributed by atoms with E-state index in [1.807, 2.05) is 0 Å². The smallest absolute Gasteiger partial charge is 0.433 e. The van der Waals surface area contributed by atoms with Crippen LogP contribution in [0.1, 0.15) is 5.69 Å². The van der Waals surface area contributed by atoms with E-state index in [2.05, 4.69) is 9.97 Å². The van der Waals surface area contributed by atoms with Gasteiger partial charge in [0.1, 0.15) is 17.1 Å². The first-order chi connectivity index (χ1) is 7.38. The van der Waals surface area contributed by atoms with Crippen molar-refractivity contribution in [1.82, 2.24) is 9.97 Å². The maximum absolute atomic E-state index is 12.3. The molecule has 0 aliphatic heterocycles. The summed E-state index contributed by atoms with van der Waals surface area (Å²) in [7, 11) is 0. The lowest BCUT2D eigenvalue weighted by Gasteiger charge is -2.06. The Morgan fingerprint density at radius 3 is 2.62 bits per heavy atom. The zero-order valence-electron chi connectivity index (χ0n) is 7.67. The molecule has 4 nitrogen and oxygen atoms in total. The van der Waals surface area contributed by atoms with E-state index in [-0.39, 0.29) is 11.0 Å². The molecule has 0 aliphatic rings. The van der Waals surface area contributed by atoms with Crippen molar-refractivity contribution in [3.63, 3.8) is 0 Å². The molecule has 0 fully saturated rings. The Kier molecular flexibility index (Phi) is 2.11. The van der Waals surface area contributed by atoms with Crippen LogP contribution in [0.5, 0.6) is 5.75 Å². The first-order valence-electron chi connectivity index (χ1n) is 4.18. The first-order valence-corrected chi connectivity index (χ1v) is 4.18. The second-order valence-corrected chi connectivity index (χ2v) is 3.11. The van der Waals surface area contributed by atoms with Gasteiger partial charge in [-0.1, -0.05) is 0 Å². The number of hydrogen-bond donors (Lipinski definition) is 2. The van der Waals surface area contributed by atoms with E-state index >= 15 is 0 Å². The molecule has 0 saturated carbocycles. The van der Waals surface area contributed by atoms with E-state index in [9.17, 15) is 23.1 Å². The highest BCUT2D eigenvalue weighted by Gasteiger charge is 2.32. The highest BCUT2D eigenvalue weighted by molar-refractivity contribution is 5.81. The second-order valence-electron chi connectivity index (χ2n) is 3.11. The molecule has 2 rings (SSSR count). The zero-order chi connectivity index (χ0) is 11.9. The quantitative estimate of drug-likeness (QED) is 0.723. The maximum atomic E-state index is 12.3. The van der Waals surface area contributed by atoms with Crippen LogP contribution in [0.3, 0.4) is 0 Å². The van der Waals surface area contributed by atoms with Gasteiger partial charge in [-0.15, -0.1) is 0 Å². The molecule has 84 valence electrons. The molecule has 0 radical (unpaired) electrons. The number of aromatic nitrogens is 2. The molecule has 7 heteroatoms. The molecule has 2 heterocycles. The number of nitrogens with one attached hydrogen (secondary N) is 1. The standard InChI is InChI=1S/C9H5F3N2O2/c10-9(11,12)6-2-1-4-5(15)3-7(16)14-8(4)13-6/h1-3H,(H2,13,14,15,16). The Morgan fingerprint density at radius 1 is 1.31 bits per heavy atom. The van der Waals surface area contributed by atoms with Crippen LogP contribution < -0.4 is 5.56 Å². The minimum atomic E-state index is -4.59. The van der Waals surface area contributed by atoms with Gasteiger partial charge in [0.05, 0.1) is 5.39 Å². The average molecular weight is 230 g/mol.